The van der Waals surface area contributed by atoms with Gasteiger partial charge in [0.2, 0.25) is 0 Å². The first-order valence-electron chi connectivity index (χ1n) is 10.9. The highest BCUT2D eigenvalue weighted by Crippen LogP contribution is 2.32. The number of aryl methyl sites for hydroxylation is 2. The van der Waals surface area contributed by atoms with Crippen molar-refractivity contribution in [1.29, 1.82) is 0 Å². The summed E-state index contributed by atoms with van der Waals surface area (Å²) < 4.78 is 9.08. The van der Waals surface area contributed by atoms with Crippen molar-refractivity contribution in [3.63, 3.8) is 0 Å². The maximum Gasteiger partial charge on any atom is 0.253 e. The maximum absolute atomic E-state index is 13.3. The molecule has 2 atom stereocenters. The van der Waals surface area contributed by atoms with Crippen LogP contribution in [0.2, 0.25) is 0 Å². The zero-order valence-electron chi connectivity index (χ0n) is 18.8. The summed E-state index contributed by atoms with van der Waals surface area (Å²) in [5.74, 6) is -0.117. The quantitative estimate of drug-likeness (QED) is 0.501. The standard InChI is InChI=1S/C24H29BrN4O3/c1-13-9-14(2)28-24(31)18(13)11-27-23(30)17-10-20-19(25)5-7-29(20)22(15(17)3)16(4)21-12-26-6-8-32-21/h5,7,9-10,16,21,26H,6,8,11-12H2,1-4H3,(H,27,30)(H,28,31). The predicted molar refractivity (Wildman–Crippen MR) is 129 cm³/mol. The number of amides is 1. The SMILES string of the molecule is Cc1cc(C)c(CNC(=O)c2cc3c(Br)ccn3c(C(C)C3CNCCO3)c2C)c(=O)[nH]1. The monoisotopic (exact) mass is 500 g/mol. The number of H-pyrrole nitrogens is 1. The third kappa shape index (κ3) is 4.27. The van der Waals surface area contributed by atoms with E-state index in [0.29, 0.717) is 17.7 Å². The van der Waals surface area contributed by atoms with Crippen LogP contribution in [0.1, 0.15) is 51.3 Å². The number of carbonyl (C=O) groups excluding carboxylic acids is 1. The summed E-state index contributed by atoms with van der Waals surface area (Å²) in [6, 6.07) is 5.80. The van der Waals surface area contributed by atoms with Crippen LogP contribution in [0.5, 0.6) is 0 Å². The van der Waals surface area contributed by atoms with E-state index in [1.54, 1.807) is 0 Å². The fraction of sp³-hybridized carbons (Fsp3) is 0.417. The number of aromatic amines is 1. The van der Waals surface area contributed by atoms with E-state index in [4.69, 9.17) is 4.74 Å². The molecule has 1 aliphatic rings. The van der Waals surface area contributed by atoms with Gasteiger partial charge in [0.25, 0.3) is 11.5 Å². The largest absolute Gasteiger partial charge is 0.375 e. The molecule has 0 radical (unpaired) electrons. The molecule has 1 fully saturated rings. The summed E-state index contributed by atoms with van der Waals surface area (Å²) in [6.07, 6.45) is 2.05. The fourth-order valence-electron chi connectivity index (χ4n) is 4.58. The average molecular weight is 501 g/mol. The summed E-state index contributed by atoms with van der Waals surface area (Å²) in [6.45, 7) is 10.3. The molecule has 0 aliphatic carbocycles. The number of aromatic nitrogens is 2. The molecule has 170 valence electrons. The Morgan fingerprint density at radius 1 is 1.34 bits per heavy atom. The number of hydrogen-bond donors (Lipinski definition) is 3. The van der Waals surface area contributed by atoms with E-state index < -0.39 is 0 Å². The van der Waals surface area contributed by atoms with Crippen LogP contribution in [-0.4, -0.2) is 41.1 Å². The number of nitrogens with one attached hydrogen (secondary N) is 3. The summed E-state index contributed by atoms with van der Waals surface area (Å²) in [5, 5.41) is 6.35. The molecule has 4 rings (SSSR count). The van der Waals surface area contributed by atoms with E-state index in [1.807, 2.05) is 45.2 Å². The number of pyridine rings is 2. The molecule has 32 heavy (non-hydrogen) atoms. The van der Waals surface area contributed by atoms with Crippen molar-refractivity contribution >= 4 is 27.4 Å². The topological polar surface area (TPSA) is 87.6 Å². The van der Waals surface area contributed by atoms with Gasteiger partial charge in [-0.3, -0.25) is 9.59 Å². The van der Waals surface area contributed by atoms with E-state index in [9.17, 15) is 9.59 Å². The molecule has 1 saturated heterocycles. The molecule has 0 bridgehead atoms. The molecule has 0 saturated carbocycles. The minimum Gasteiger partial charge on any atom is -0.375 e. The number of carbonyl (C=O) groups is 1. The van der Waals surface area contributed by atoms with Gasteiger partial charge in [0.15, 0.2) is 0 Å². The van der Waals surface area contributed by atoms with Gasteiger partial charge in [-0.15, -0.1) is 0 Å². The number of halogens is 1. The second-order valence-electron chi connectivity index (χ2n) is 8.51. The number of hydrogen-bond acceptors (Lipinski definition) is 4. The van der Waals surface area contributed by atoms with Gasteiger partial charge in [-0.2, -0.15) is 0 Å². The van der Waals surface area contributed by atoms with Gasteiger partial charge in [0, 0.05) is 58.7 Å². The van der Waals surface area contributed by atoms with E-state index in [2.05, 4.69) is 42.9 Å². The smallest absolute Gasteiger partial charge is 0.253 e. The Balaban J connectivity index is 1.69. The van der Waals surface area contributed by atoms with Gasteiger partial charge in [0.05, 0.1) is 18.2 Å². The summed E-state index contributed by atoms with van der Waals surface area (Å²) >= 11 is 3.61. The van der Waals surface area contributed by atoms with Crippen molar-refractivity contribution in [1.82, 2.24) is 20.0 Å². The van der Waals surface area contributed by atoms with Crippen molar-refractivity contribution < 1.29 is 9.53 Å². The Kier molecular flexibility index (Phi) is 6.55. The van der Waals surface area contributed by atoms with Crippen LogP contribution in [0.15, 0.2) is 33.7 Å². The van der Waals surface area contributed by atoms with Crippen LogP contribution in [0.3, 0.4) is 0 Å². The van der Waals surface area contributed by atoms with Gasteiger partial charge in [-0.05, 0) is 66.0 Å². The number of rotatable bonds is 5. The average Bonchev–Trinajstić information content (AvgIpc) is 3.12. The van der Waals surface area contributed by atoms with Crippen molar-refractivity contribution in [2.45, 2.75) is 46.3 Å². The number of morpholine rings is 1. The molecular weight excluding hydrogens is 472 g/mol. The lowest BCUT2D eigenvalue weighted by Gasteiger charge is -2.31. The van der Waals surface area contributed by atoms with Crippen LogP contribution in [0, 0.1) is 20.8 Å². The maximum atomic E-state index is 13.3. The lowest BCUT2D eigenvalue weighted by Crippen LogP contribution is -2.41. The third-order valence-corrected chi connectivity index (χ3v) is 6.98. The lowest BCUT2D eigenvalue weighted by molar-refractivity contribution is 0.0135. The summed E-state index contributed by atoms with van der Waals surface area (Å²) in [5.41, 5.74) is 5.57. The van der Waals surface area contributed by atoms with Crippen molar-refractivity contribution in [2.24, 2.45) is 0 Å². The zero-order valence-corrected chi connectivity index (χ0v) is 20.4. The van der Waals surface area contributed by atoms with Crippen molar-refractivity contribution in [3.05, 3.63) is 72.9 Å². The van der Waals surface area contributed by atoms with Crippen molar-refractivity contribution in [3.8, 4) is 0 Å². The van der Waals surface area contributed by atoms with Crippen LogP contribution >= 0.6 is 15.9 Å². The molecule has 3 aromatic heterocycles. The van der Waals surface area contributed by atoms with Gasteiger partial charge >= 0.3 is 0 Å². The van der Waals surface area contributed by atoms with E-state index in [0.717, 1.165) is 45.6 Å². The molecule has 4 heterocycles. The molecule has 7 nitrogen and oxygen atoms in total. The summed E-state index contributed by atoms with van der Waals surface area (Å²) in [4.78, 5) is 28.4. The zero-order chi connectivity index (χ0) is 23.0. The number of ether oxygens (including phenoxy) is 1. The van der Waals surface area contributed by atoms with Crippen molar-refractivity contribution in [2.75, 3.05) is 19.7 Å². The molecule has 2 unspecified atom stereocenters. The van der Waals surface area contributed by atoms with E-state index >= 15 is 0 Å². The molecule has 1 aliphatic heterocycles. The normalized spacial score (nSPS) is 17.5. The Hall–Kier alpha value is -2.42. The molecule has 0 aromatic carbocycles. The fourth-order valence-corrected chi connectivity index (χ4v) is 5.00. The van der Waals surface area contributed by atoms with E-state index in [1.165, 1.54) is 0 Å². The molecule has 8 heteroatoms. The highest BCUT2D eigenvalue weighted by Gasteiger charge is 2.28. The third-order valence-electron chi connectivity index (χ3n) is 6.31. The number of nitrogens with zero attached hydrogens (tertiary/aromatic N) is 1. The van der Waals surface area contributed by atoms with Crippen LogP contribution < -0.4 is 16.2 Å². The summed E-state index contributed by atoms with van der Waals surface area (Å²) in [7, 11) is 0. The van der Waals surface area contributed by atoms with Crippen LogP contribution in [-0.2, 0) is 11.3 Å². The first kappa shape index (κ1) is 22.8. The van der Waals surface area contributed by atoms with E-state index in [-0.39, 0.29) is 30.0 Å². The Morgan fingerprint density at radius 2 is 2.12 bits per heavy atom. The highest BCUT2D eigenvalue weighted by atomic mass is 79.9. The minimum atomic E-state index is -0.200. The lowest BCUT2D eigenvalue weighted by atomic mass is 9.92. The first-order valence-corrected chi connectivity index (χ1v) is 11.7. The van der Waals surface area contributed by atoms with Gasteiger partial charge in [-0.25, -0.2) is 0 Å². The Morgan fingerprint density at radius 3 is 2.81 bits per heavy atom. The second-order valence-corrected chi connectivity index (χ2v) is 9.37. The van der Waals surface area contributed by atoms with Crippen LogP contribution in [0.25, 0.3) is 5.52 Å². The molecule has 3 aromatic rings. The van der Waals surface area contributed by atoms with Crippen LogP contribution in [0.4, 0.5) is 0 Å². The number of fused-ring (bicyclic) bond motifs is 1. The predicted octanol–water partition coefficient (Wildman–Crippen LogP) is 3.34. The highest BCUT2D eigenvalue weighted by molar-refractivity contribution is 9.10. The molecule has 3 N–H and O–H groups in total. The Labute approximate surface area is 195 Å². The van der Waals surface area contributed by atoms with Gasteiger partial charge < -0.3 is 24.8 Å². The van der Waals surface area contributed by atoms with Gasteiger partial charge in [0.1, 0.15) is 0 Å². The second kappa shape index (κ2) is 9.21. The molecule has 0 spiro atoms. The van der Waals surface area contributed by atoms with Gasteiger partial charge in [-0.1, -0.05) is 6.92 Å². The first-order chi connectivity index (χ1) is 15.3. The Bertz CT molecular complexity index is 1220. The minimum absolute atomic E-state index is 0.0268. The molecule has 1 amide bonds. The molecular formula is C24H29BrN4O3.